The lowest BCUT2D eigenvalue weighted by atomic mass is 10.0. The molecule has 0 amide bonds. The summed E-state index contributed by atoms with van der Waals surface area (Å²) in [5.74, 6) is -1.44. The zero-order valence-electron chi connectivity index (χ0n) is 8.35. The van der Waals surface area contributed by atoms with E-state index in [-0.39, 0.29) is 36.6 Å². The van der Waals surface area contributed by atoms with Crippen molar-refractivity contribution in [2.45, 2.75) is 12.5 Å². The van der Waals surface area contributed by atoms with Crippen LogP contribution in [0.15, 0.2) is 12.1 Å². The maximum atomic E-state index is 13.1. The van der Waals surface area contributed by atoms with Gasteiger partial charge in [0.1, 0.15) is 0 Å². The summed E-state index contributed by atoms with van der Waals surface area (Å²) < 4.78 is 13.1. The first-order chi connectivity index (χ1) is 7.10. The van der Waals surface area contributed by atoms with E-state index in [0.29, 0.717) is 0 Å². The Kier molecular flexibility index (Phi) is 5.75. The van der Waals surface area contributed by atoms with Crippen LogP contribution in [0.1, 0.15) is 23.6 Å². The molecule has 0 heterocycles. The Labute approximate surface area is 98.5 Å². The Morgan fingerprint density at radius 3 is 2.62 bits per heavy atom. The Balaban J connectivity index is 0.00000225. The van der Waals surface area contributed by atoms with Crippen molar-refractivity contribution in [1.82, 2.24) is 0 Å². The van der Waals surface area contributed by atoms with Gasteiger partial charge in [-0.3, -0.25) is 0 Å². The quantitative estimate of drug-likeness (QED) is 0.748. The zero-order chi connectivity index (χ0) is 11.4. The van der Waals surface area contributed by atoms with Crippen LogP contribution in [0.25, 0.3) is 0 Å². The second kappa shape index (κ2) is 6.28. The Morgan fingerprint density at radius 1 is 1.50 bits per heavy atom. The van der Waals surface area contributed by atoms with E-state index in [0.717, 1.165) is 6.07 Å². The van der Waals surface area contributed by atoms with Crippen molar-refractivity contribution in [3.05, 3.63) is 29.1 Å². The monoisotopic (exact) mass is 246 g/mol. The first-order valence-corrected chi connectivity index (χ1v) is 4.39. The van der Waals surface area contributed by atoms with Crippen molar-refractivity contribution in [2.24, 2.45) is 5.73 Å². The van der Waals surface area contributed by atoms with E-state index in [9.17, 15) is 9.50 Å². The molecule has 4 N–H and O–H groups in total. The smallest absolute Gasteiger partial charge is 0.166 e. The van der Waals surface area contributed by atoms with E-state index >= 15 is 0 Å². The van der Waals surface area contributed by atoms with Crippen molar-refractivity contribution < 1.29 is 14.6 Å². The molecule has 0 radical (unpaired) electrons. The van der Waals surface area contributed by atoms with Crippen molar-refractivity contribution >= 4 is 12.4 Å². The topological polar surface area (TPSA) is 90.3 Å². The number of hydrogen-bond donors (Lipinski definition) is 3. The van der Waals surface area contributed by atoms with Gasteiger partial charge in [-0.15, -0.1) is 12.4 Å². The van der Waals surface area contributed by atoms with Crippen LogP contribution < -0.4 is 5.73 Å². The first kappa shape index (κ1) is 14.6. The number of aliphatic hydroxyl groups excluding tert-OH is 1. The molecule has 6 heteroatoms. The third kappa shape index (κ3) is 3.07. The molecule has 1 aromatic carbocycles. The number of nitrogens with two attached hydrogens (primary N) is 1. The summed E-state index contributed by atoms with van der Waals surface area (Å²) in [5, 5.41) is 26.6. The number of nitrogens with zero attached hydrogens (tertiary/aromatic N) is 1. The average Bonchev–Trinajstić information content (AvgIpc) is 2.22. The highest BCUT2D eigenvalue weighted by atomic mass is 35.5. The highest BCUT2D eigenvalue weighted by molar-refractivity contribution is 5.85. The second-order valence-electron chi connectivity index (χ2n) is 3.13. The number of aliphatic hydroxyl groups is 1. The van der Waals surface area contributed by atoms with Crippen LogP contribution in [0.4, 0.5) is 4.39 Å². The van der Waals surface area contributed by atoms with Gasteiger partial charge in [-0.05, 0) is 18.6 Å². The van der Waals surface area contributed by atoms with Gasteiger partial charge in [0.2, 0.25) is 0 Å². The summed E-state index contributed by atoms with van der Waals surface area (Å²) in [6.45, 7) is -0.168. The predicted octanol–water partition coefficient (Wildman–Crippen LogP) is 1.21. The van der Waals surface area contributed by atoms with Gasteiger partial charge in [-0.25, -0.2) is 4.39 Å². The van der Waals surface area contributed by atoms with Gasteiger partial charge in [-0.1, -0.05) is 0 Å². The molecular formula is C10H12ClFN2O2. The molecule has 0 saturated heterocycles. The number of benzene rings is 1. The minimum Gasteiger partial charge on any atom is -0.505 e. The maximum absolute atomic E-state index is 13.1. The zero-order valence-corrected chi connectivity index (χ0v) is 9.17. The van der Waals surface area contributed by atoms with Crippen molar-refractivity contribution in [3.63, 3.8) is 0 Å². The largest absolute Gasteiger partial charge is 0.505 e. The third-order valence-corrected chi connectivity index (χ3v) is 2.06. The lowest BCUT2D eigenvalue weighted by Gasteiger charge is -2.12. The van der Waals surface area contributed by atoms with Crippen LogP contribution in [-0.4, -0.2) is 16.8 Å². The van der Waals surface area contributed by atoms with Crippen LogP contribution in [0.2, 0.25) is 0 Å². The molecule has 0 aliphatic carbocycles. The molecule has 0 saturated carbocycles. The summed E-state index contributed by atoms with van der Waals surface area (Å²) in [7, 11) is 0. The molecule has 16 heavy (non-hydrogen) atoms. The van der Waals surface area contributed by atoms with Gasteiger partial charge in [0.05, 0.1) is 11.6 Å². The lowest BCUT2D eigenvalue weighted by molar-refractivity contribution is 0.275. The Bertz CT molecular complexity index is 407. The normalized spacial score (nSPS) is 11.4. The molecule has 0 aliphatic heterocycles. The number of hydrogen-bond acceptors (Lipinski definition) is 4. The van der Waals surface area contributed by atoms with Gasteiger partial charge in [0.25, 0.3) is 0 Å². The molecule has 1 aromatic rings. The molecule has 0 spiro atoms. The summed E-state index contributed by atoms with van der Waals surface area (Å²) >= 11 is 0. The number of rotatable bonds is 3. The van der Waals surface area contributed by atoms with Crippen LogP contribution in [0.5, 0.6) is 5.75 Å². The maximum Gasteiger partial charge on any atom is 0.166 e. The fourth-order valence-corrected chi connectivity index (χ4v) is 1.26. The molecular weight excluding hydrogens is 235 g/mol. The highest BCUT2D eigenvalue weighted by Crippen LogP contribution is 2.28. The van der Waals surface area contributed by atoms with E-state index in [1.165, 1.54) is 6.07 Å². The SMILES string of the molecule is Cl.N#Cc1cc(F)c(O)c([C@H](N)CCO)c1. The number of nitriles is 1. The van der Waals surface area contributed by atoms with Crippen molar-refractivity contribution in [2.75, 3.05) is 6.61 Å². The van der Waals surface area contributed by atoms with Gasteiger partial charge in [-0.2, -0.15) is 5.26 Å². The fourth-order valence-electron chi connectivity index (χ4n) is 1.26. The lowest BCUT2D eigenvalue weighted by Crippen LogP contribution is -2.12. The molecule has 0 aromatic heterocycles. The van der Waals surface area contributed by atoms with E-state index in [4.69, 9.17) is 16.1 Å². The highest BCUT2D eigenvalue weighted by Gasteiger charge is 2.15. The van der Waals surface area contributed by atoms with E-state index in [1.54, 1.807) is 6.07 Å². The summed E-state index contributed by atoms with van der Waals surface area (Å²) in [6, 6.07) is 3.33. The molecule has 0 bridgehead atoms. The van der Waals surface area contributed by atoms with Gasteiger partial charge in [0, 0.05) is 18.2 Å². The summed E-state index contributed by atoms with van der Waals surface area (Å²) in [4.78, 5) is 0. The van der Waals surface area contributed by atoms with Crippen molar-refractivity contribution in [3.8, 4) is 11.8 Å². The standard InChI is InChI=1S/C10H11FN2O2.ClH/c11-8-4-6(5-12)3-7(10(8)15)9(13)1-2-14;/h3-4,9,14-15H,1-2,13H2;1H/t9-;/m1./s1. The van der Waals surface area contributed by atoms with Crippen LogP contribution >= 0.6 is 12.4 Å². The minimum atomic E-state index is -0.877. The Morgan fingerprint density at radius 2 is 2.12 bits per heavy atom. The molecule has 0 fully saturated rings. The van der Waals surface area contributed by atoms with Crippen molar-refractivity contribution in [1.29, 1.82) is 5.26 Å². The number of phenols is 1. The first-order valence-electron chi connectivity index (χ1n) is 4.39. The molecule has 4 nitrogen and oxygen atoms in total. The van der Waals surface area contributed by atoms with Crippen LogP contribution in [0.3, 0.4) is 0 Å². The molecule has 1 atom stereocenters. The third-order valence-electron chi connectivity index (χ3n) is 2.06. The average molecular weight is 247 g/mol. The molecule has 88 valence electrons. The van der Waals surface area contributed by atoms with Gasteiger partial charge >= 0.3 is 0 Å². The molecule has 0 unspecified atom stereocenters. The number of halogens is 2. The fraction of sp³-hybridized carbons (Fsp3) is 0.300. The molecule has 1 rings (SSSR count). The predicted molar refractivity (Wildman–Crippen MR) is 58.7 cm³/mol. The van der Waals surface area contributed by atoms with E-state index in [1.807, 2.05) is 0 Å². The van der Waals surface area contributed by atoms with Gasteiger partial charge < -0.3 is 15.9 Å². The number of aromatic hydroxyl groups is 1. The van der Waals surface area contributed by atoms with Crippen LogP contribution in [0, 0.1) is 17.1 Å². The minimum absolute atomic E-state index is 0. The van der Waals surface area contributed by atoms with E-state index in [2.05, 4.69) is 0 Å². The van der Waals surface area contributed by atoms with E-state index < -0.39 is 17.6 Å². The second-order valence-corrected chi connectivity index (χ2v) is 3.13. The number of phenolic OH excluding ortho intramolecular Hbond substituents is 1. The van der Waals surface area contributed by atoms with Crippen LogP contribution in [-0.2, 0) is 0 Å². The molecule has 0 aliphatic rings. The summed E-state index contributed by atoms with van der Waals surface area (Å²) in [5.41, 5.74) is 5.83. The van der Waals surface area contributed by atoms with Gasteiger partial charge in [0.15, 0.2) is 11.6 Å². The Hall–Kier alpha value is -1.35. The summed E-state index contributed by atoms with van der Waals surface area (Å²) in [6.07, 6.45) is 0.196.